The third-order valence-corrected chi connectivity index (χ3v) is 2.81. The second kappa shape index (κ2) is 4.51. The zero-order valence-corrected chi connectivity index (χ0v) is 10.1. The Bertz CT molecular complexity index is 349. The van der Waals surface area contributed by atoms with Crippen LogP contribution in [0.15, 0.2) is 4.42 Å². The van der Waals surface area contributed by atoms with Crippen molar-refractivity contribution >= 4 is 0 Å². The van der Waals surface area contributed by atoms with E-state index in [-0.39, 0.29) is 5.60 Å². The summed E-state index contributed by atoms with van der Waals surface area (Å²) in [7, 11) is 0. The van der Waals surface area contributed by atoms with Gasteiger partial charge < -0.3 is 14.5 Å². The molecule has 0 bridgehead atoms. The van der Waals surface area contributed by atoms with Crippen LogP contribution in [0.2, 0.25) is 0 Å². The number of hydrogen-bond donors (Lipinski definition) is 1. The highest BCUT2D eigenvalue weighted by molar-refractivity contribution is 4.85. The summed E-state index contributed by atoms with van der Waals surface area (Å²) in [6.07, 6.45) is 2.05. The molecule has 1 aliphatic heterocycles. The third-order valence-electron chi connectivity index (χ3n) is 2.81. The molecule has 1 N–H and O–H groups in total. The van der Waals surface area contributed by atoms with Crippen LogP contribution in [0.1, 0.15) is 38.5 Å². The first-order chi connectivity index (χ1) is 7.55. The van der Waals surface area contributed by atoms with Crippen molar-refractivity contribution in [3.63, 3.8) is 0 Å². The minimum absolute atomic E-state index is 0.0271. The number of nitrogens with zero attached hydrogens (tertiary/aromatic N) is 2. The molecule has 0 aliphatic carbocycles. The summed E-state index contributed by atoms with van der Waals surface area (Å²) in [5.74, 6) is 1.27. The van der Waals surface area contributed by atoms with Crippen LogP contribution in [0.3, 0.4) is 0 Å². The van der Waals surface area contributed by atoms with Gasteiger partial charge in [0.25, 0.3) is 0 Å². The standard InChI is InChI=1S/C11H19N3O2/c1-8-13-14-10(16-8)7-12-9-4-5-15-11(2,3)6-9/h9,12H,4-7H2,1-3H3. The van der Waals surface area contributed by atoms with E-state index in [1.807, 2.05) is 0 Å². The molecular formula is C11H19N3O2. The van der Waals surface area contributed by atoms with E-state index in [9.17, 15) is 0 Å². The molecular weight excluding hydrogens is 206 g/mol. The Morgan fingerprint density at radius 1 is 1.44 bits per heavy atom. The van der Waals surface area contributed by atoms with Crippen molar-refractivity contribution in [3.05, 3.63) is 11.8 Å². The summed E-state index contributed by atoms with van der Waals surface area (Å²) in [6, 6.07) is 0.468. The fourth-order valence-electron chi connectivity index (χ4n) is 2.05. The van der Waals surface area contributed by atoms with Gasteiger partial charge in [-0.1, -0.05) is 0 Å². The molecule has 0 saturated carbocycles. The molecule has 2 rings (SSSR count). The van der Waals surface area contributed by atoms with Gasteiger partial charge in [-0.3, -0.25) is 0 Å². The summed E-state index contributed by atoms with van der Waals surface area (Å²) in [5.41, 5.74) is -0.0271. The lowest BCUT2D eigenvalue weighted by Gasteiger charge is -2.35. The number of hydrogen-bond acceptors (Lipinski definition) is 5. The molecule has 1 saturated heterocycles. The SMILES string of the molecule is Cc1nnc(CNC2CCOC(C)(C)C2)o1. The van der Waals surface area contributed by atoms with Crippen LogP contribution >= 0.6 is 0 Å². The third kappa shape index (κ3) is 3.02. The zero-order valence-electron chi connectivity index (χ0n) is 10.1. The maximum Gasteiger partial charge on any atom is 0.230 e. The molecule has 0 radical (unpaired) electrons. The number of aromatic nitrogens is 2. The lowest BCUT2D eigenvalue weighted by Crippen LogP contribution is -2.43. The van der Waals surface area contributed by atoms with Crippen LogP contribution in [0.4, 0.5) is 0 Å². The fraction of sp³-hybridized carbons (Fsp3) is 0.818. The van der Waals surface area contributed by atoms with Crippen LogP contribution in [-0.4, -0.2) is 28.4 Å². The van der Waals surface area contributed by atoms with E-state index in [0.717, 1.165) is 19.4 Å². The molecule has 1 aromatic heterocycles. The minimum atomic E-state index is -0.0271. The summed E-state index contributed by atoms with van der Waals surface area (Å²) in [6.45, 7) is 7.50. The summed E-state index contributed by atoms with van der Waals surface area (Å²) in [5, 5.41) is 11.2. The van der Waals surface area contributed by atoms with E-state index in [0.29, 0.717) is 24.4 Å². The average molecular weight is 225 g/mol. The fourth-order valence-corrected chi connectivity index (χ4v) is 2.05. The Kier molecular flexibility index (Phi) is 3.25. The van der Waals surface area contributed by atoms with Crippen molar-refractivity contribution in [2.45, 2.75) is 51.8 Å². The zero-order chi connectivity index (χ0) is 11.6. The lowest BCUT2D eigenvalue weighted by atomic mass is 9.94. The number of rotatable bonds is 3. The van der Waals surface area contributed by atoms with Gasteiger partial charge in [0.05, 0.1) is 12.1 Å². The smallest absolute Gasteiger partial charge is 0.230 e. The van der Waals surface area contributed by atoms with Gasteiger partial charge in [0.15, 0.2) is 0 Å². The molecule has 16 heavy (non-hydrogen) atoms. The highest BCUT2D eigenvalue weighted by Gasteiger charge is 2.28. The van der Waals surface area contributed by atoms with Gasteiger partial charge in [-0.05, 0) is 26.7 Å². The van der Waals surface area contributed by atoms with Gasteiger partial charge in [0, 0.05) is 19.6 Å². The van der Waals surface area contributed by atoms with E-state index in [4.69, 9.17) is 9.15 Å². The number of nitrogens with one attached hydrogen (secondary N) is 1. The van der Waals surface area contributed by atoms with Crippen LogP contribution in [0, 0.1) is 6.92 Å². The quantitative estimate of drug-likeness (QED) is 0.843. The highest BCUT2D eigenvalue weighted by Crippen LogP contribution is 2.23. The van der Waals surface area contributed by atoms with Crippen LogP contribution in [0.25, 0.3) is 0 Å². The molecule has 90 valence electrons. The molecule has 2 heterocycles. The van der Waals surface area contributed by atoms with E-state index < -0.39 is 0 Å². The summed E-state index contributed by atoms with van der Waals surface area (Å²) < 4.78 is 11.0. The Hall–Kier alpha value is -0.940. The predicted octanol–water partition coefficient (Wildman–Crippen LogP) is 1.43. The van der Waals surface area contributed by atoms with Crippen molar-refractivity contribution in [3.8, 4) is 0 Å². The molecule has 1 aliphatic rings. The maximum atomic E-state index is 5.66. The van der Waals surface area contributed by atoms with E-state index >= 15 is 0 Å². The van der Waals surface area contributed by atoms with Crippen molar-refractivity contribution in [2.75, 3.05) is 6.61 Å². The van der Waals surface area contributed by atoms with E-state index in [1.165, 1.54) is 0 Å². The van der Waals surface area contributed by atoms with Crippen LogP contribution < -0.4 is 5.32 Å². The molecule has 0 spiro atoms. The molecule has 1 unspecified atom stereocenters. The number of ether oxygens (including phenoxy) is 1. The first-order valence-electron chi connectivity index (χ1n) is 5.71. The molecule has 1 aromatic rings. The van der Waals surface area contributed by atoms with E-state index in [1.54, 1.807) is 6.92 Å². The van der Waals surface area contributed by atoms with Crippen LogP contribution in [0.5, 0.6) is 0 Å². The molecule has 1 atom stereocenters. The first-order valence-corrected chi connectivity index (χ1v) is 5.71. The van der Waals surface area contributed by atoms with Gasteiger partial charge in [-0.2, -0.15) is 0 Å². The molecule has 1 fully saturated rings. The molecule has 5 heteroatoms. The van der Waals surface area contributed by atoms with Crippen molar-refractivity contribution < 1.29 is 9.15 Å². The van der Waals surface area contributed by atoms with Gasteiger partial charge in [0.2, 0.25) is 11.8 Å². The largest absolute Gasteiger partial charge is 0.424 e. The Morgan fingerprint density at radius 3 is 2.88 bits per heavy atom. The van der Waals surface area contributed by atoms with Crippen LogP contribution in [-0.2, 0) is 11.3 Å². The predicted molar refractivity (Wildman–Crippen MR) is 58.9 cm³/mol. The van der Waals surface area contributed by atoms with Gasteiger partial charge in [-0.25, -0.2) is 0 Å². The molecule has 0 amide bonds. The molecule has 0 aromatic carbocycles. The lowest BCUT2D eigenvalue weighted by molar-refractivity contribution is -0.0632. The van der Waals surface area contributed by atoms with Crippen molar-refractivity contribution in [2.24, 2.45) is 0 Å². The maximum absolute atomic E-state index is 5.66. The number of aryl methyl sites for hydroxylation is 1. The highest BCUT2D eigenvalue weighted by atomic mass is 16.5. The minimum Gasteiger partial charge on any atom is -0.424 e. The Morgan fingerprint density at radius 2 is 2.25 bits per heavy atom. The van der Waals surface area contributed by atoms with Gasteiger partial charge >= 0.3 is 0 Å². The summed E-state index contributed by atoms with van der Waals surface area (Å²) in [4.78, 5) is 0. The van der Waals surface area contributed by atoms with Gasteiger partial charge in [-0.15, -0.1) is 10.2 Å². The average Bonchev–Trinajstić information content (AvgIpc) is 2.60. The monoisotopic (exact) mass is 225 g/mol. The van der Waals surface area contributed by atoms with Gasteiger partial charge in [0.1, 0.15) is 0 Å². The molecule has 5 nitrogen and oxygen atoms in total. The Balaban J connectivity index is 1.82. The normalized spacial score (nSPS) is 24.6. The topological polar surface area (TPSA) is 60.2 Å². The van der Waals surface area contributed by atoms with Crippen molar-refractivity contribution in [1.29, 1.82) is 0 Å². The summed E-state index contributed by atoms with van der Waals surface area (Å²) >= 11 is 0. The Labute approximate surface area is 95.6 Å². The second-order valence-electron chi connectivity index (χ2n) is 4.89. The first kappa shape index (κ1) is 11.5. The second-order valence-corrected chi connectivity index (χ2v) is 4.89. The van der Waals surface area contributed by atoms with Crippen molar-refractivity contribution in [1.82, 2.24) is 15.5 Å². The van der Waals surface area contributed by atoms with E-state index in [2.05, 4.69) is 29.4 Å².